The van der Waals surface area contributed by atoms with Crippen LogP contribution in [0.15, 0.2) is 18.2 Å². The first-order valence-electron chi connectivity index (χ1n) is 3.95. The number of rotatable bonds is 2. The molecule has 0 saturated carbocycles. The number of nitro benzene ring substituents is 1. The monoisotopic (exact) mass is 181 g/mol. The van der Waals surface area contributed by atoms with Gasteiger partial charge in [0.05, 0.1) is 11.0 Å². The smallest absolute Gasteiger partial charge is 0.272 e. The van der Waals surface area contributed by atoms with Crippen LogP contribution in [0.4, 0.5) is 5.69 Å². The van der Waals surface area contributed by atoms with Crippen molar-refractivity contribution in [3.8, 4) is 0 Å². The molecule has 0 aliphatic carbocycles. The lowest BCUT2D eigenvalue weighted by Crippen LogP contribution is -1.95. The highest BCUT2D eigenvalue weighted by Gasteiger charge is 2.11. The van der Waals surface area contributed by atoms with Gasteiger partial charge in [-0.3, -0.25) is 10.1 Å². The average molecular weight is 181 g/mol. The third-order valence-electron chi connectivity index (χ3n) is 1.90. The maximum absolute atomic E-state index is 10.4. The molecule has 0 unspecified atom stereocenters. The molecule has 4 heteroatoms. The summed E-state index contributed by atoms with van der Waals surface area (Å²) in [6.45, 7) is 3.28. The van der Waals surface area contributed by atoms with Gasteiger partial charge in [-0.1, -0.05) is 0 Å². The molecule has 0 bridgehead atoms. The van der Waals surface area contributed by atoms with Crippen LogP contribution in [0.5, 0.6) is 0 Å². The molecule has 13 heavy (non-hydrogen) atoms. The molecule has 0 amide bonds. The number of aliphatic hydroxyl groups excluding tert-OH is 1. The normalized spacial score (nSPS) is 12.5. The topological polar surface area (TPSA) is 63.4 Å². The molecule has 1 atom stereocenters. The second-order valence-corrected chi connectivity index (χ2v) is 2.98. The summed E-state index contributed by atoms with van der Waals surface area (Å²) in [6.07, 6.45) is -0.584. The minimum Gasteiger partial charge on any atom is -0.389 e. The van der Waals surface area contributed by atoms with E-state index in [1.807, 2.05) is 0 Å². The van der Waals surface area contributed by atoms with Crippen molar-refractivity contribution in [2.24, 2.45) is 0 Å². The number of nitrogens with zero attached hydrogens (tertiary/aromatic N) is 1. The maximum atomic E-state index is 10.4. The minimum absolute atomic E-state index is 0.0874. The lowest BCUT2D eigenvalue weighted by molar-refractivity contribution is -0.385. The molecular weight excluding hydrogens is 170 g/mol. The molecular formula is C9H11NO3. The van der Waals surface area contributed by atoms with E-state index in [2.05, 4.69) is 0 Å². The van der Waals surface area contributed by atoms with Crippen molar-refractivity contribution >= 4 is 5.69 Å². The van der Waals surface area contributed by atoms with Crippen LogP contribution in [0, 0.1) is 17.0 Å². The largest absolute Gasteiger partial charge is 0.389 e. The third kappa shape index (κ3) is 2.03. The summed E-state index contributed by atoms with van der Waals surface area (Å²) < 4.78 is 0. The average Bonchev–Trinajstić information content (AvgIpc) is 2.03. The molecule has 0 aromatic heterocycles. The van der Waals surface area contributed by atoms with Gasteiger partial charge in [-0.05, 0) is 31.5 Å². The Balaban J connectivity index is 3.13. The SMILES string of the molecule is Cc1cc([C@H](C)O)ccc1[N+](=O)[O-]. The number of benzene rings is 1. The van der Waals surface area contributed by atoms with Crippen LogP contribution in [-0.4, -0.2) is 10.0 Å². The molecule has 1 aromatic carbocycles. The lowest BCUT2D eigenvalue weighted by Gasteiger charge is -2.05. The summed E-state index contributed by atoms with van der Waals surface area (Å²) in [5.41, 5.74) is 1.36. The highest BCUT2D eigenvalue weighted by molar-refractivity contribution is 5.42. The van der Waals surface area contributed by atoms with Crippen LogP contribution in [0.3, 0.4) is 0 Å². The molecule has 1 rings (SSSR count). The molecule has 0 aliphatic heterocycles. The van der Waals surface area contributed by atoms with Gasteiger partial charge < -0.3 is 5.11 Å². The van der Waals surface area contributed by atoms with E-state index in [0.717, 1.165) is 0 Å². The van der Waals surface area contributed by atoms with Gasteiger partial charge in [0.2, 0.25) is 0 Å². The molecule has 0 heterocycles. The summed E-state index contributed by atoms with van der Waals surface area (Å²) >= 11 is 0. The number of aryl methyl sites for hydroxylation is 1. The van der Waals surface area contributed by atoms with Gasteiger partial charge in [0.15, 0.2) is 0 Å². The summed E-state index contributed by atoms with van der Waals surface area (Å²) in [7, 11) is 0. The molecule has 0 radical (unpaired) electrons. The van der Waals surface area contributed by atoms with Crippen LogP contribution in [0.1, 0.15) is 24.2 Å². The Morgan fingerprint density at radius 1 is 1.54 bits per heavy atom. The highest BCUT2D eigenvalue weighted by atomic mass is 16.6. The predicted octanol–water partition coefficient (Wildman–Crippen LogP) is 1.96. The lowest BCUT2D eigenvalue weighted by atomic mass is 10.1. The Hall–Kier alpha value is -1.42. The van der Waals surface area contributed by atoms with Gasteiger partial charge in [0.1, 0.15) is 0 Å². The van der Waals surface area contributed by atoms with Crippen LogP contribution < -0.4 is 0 Å². The summed E-state index contributed by atoms with van der Waals surface area (Å²) in [5, 5.41) is 19.7. The van der Waals surface area contributed by atoms with Crippen LogP contribution >= 0.6 is 0 Å². The molecule has 70 valence electrons. The molecule has 0 fully saturated rings. The van der Waals surface area contributed by atoms with E-state index < -0.39 is 11.0 Å². The summed E-state index contributed by atoms with van der Waals surface area (Å²) in [6, 6.07) is 4.61. The fraction of sp³-hybridized carbons (Fsp3) is 0.333. The van der Waals surface area contributed by atoms with Gasteiger partial charge >= 0.3 is 0 Å². The Bertz CT molecular complexity index is 334. The van der Waals surface area contributed by atoms with Crippen molar-refractivity contribution in [2.45, 2.75) is 20.0 Å². The third-order valence-corrected chi connectivity index (χ3v) is 1.90. The first-order chi connectivity index (χ1) is 6.02. The van der Waals surface area contributed by atoms with Crippen LogP contribution in [-0.2, 0) is 0 Å². The fourth-order valence-electron chi connectivity index (χ4n) is 1.14. The quantitative estimate of drug-likeness (QED) is 0.560. The minimum atomic E-state index is -0.584. The number of hydrogen-bond acceptors (Lipinski definition) is 3. The standard InChI is InChI=1S/C9H11NO3/c1-6-5-8(7(2)11)3-4-9(6)10(12)13/h3-5,7,11H,1-2H3/t7-/m0/s1. The Kier molecular flexibility index (Phi) is 2.63. The fourth-order valence-corrected chi connectivity index (χ4v) is 1.14. The zero-order valence-electron chi connectivity index (χ0n) is 7.52. The van der Waals surface area contributed by atoms with E-state index in [1.54, 1.807) is 26.0 Å². The van der Waals surface area contributed by atoms with Gasteiger partial charge in [-0.25, -0.2) is 0 Å². The Labute approximate surface area is 76.0 Å². The Morgan fingerprint density at radius 3 is 2.54 bits per heavy atom. The van der Waals surface area contributed by atoms with E-state index in [9.17, 15) is 15.2 Å². The van der Waals surface area contributed by atoms with Crippen molar-refractivity contribution in [3.05, 3.63) is 39.4 Å². The van der Waals surface area contributed by atoms with Crippen molar-refractivity contribution in [1.82, 2.24) is 0 Å². The van der Waals surface area contributed by atoms with E-state index in [-0.39, 0.29) is 5.69 Å². The van der Waals surface area contributed by atoms with Crippen LogP contribution in [0.2, 0.25) is 0 Å². The molecule has 1 N–H and O–H groups in total. The number of nitro groups is 1. The molecule has 1 aromatic rings. The van der Waals surface area contributed by atoms with Crippen molar-refractivity contribution in [3.63, 3.8) is 0 Å². The number of aliphatic hydroxyl groups is 1. The van der Waals surface area contributed by atoms with Crippen molar-refractivity contribution < 1.29 is 10.0 Å². The van der Waals surface area contributed by atoms with E-state index >= 15 is 0 Å². The van der Waals surface area contributed by atoms with E-state index in [0.29, 0.717) is 11.1 Å². The zero-order chi connectivity index (χ0) is 10.0. The van der Waals surface area contributed by atoms with Crippen LogP contribution in [0.25, 0.3) is 0 Å². The summed E-state index contributed by atoms with van der Waals surface area (Å²) in [5.74, 6) is 0. The molecule has 0 aliphatic rings. The van der Waals surface area contributed by atoms with E-state index in [1.165, 1.54) is 6.07 Å². The number of hydrogen-bond donors (Lipinski definition) is 1. The van der Waals surface area contributed by atoms with Crippen molar-refractivity contribution in [2.75, 3.05) is 0 Å². The van der Waals surface area contributed by atoms with Gasteiger partial charge in [-0.15, -0.1) is 0 Å². The first-order valence-corrected chi connectivity index (χ1v) is 3.95. The molecule has 4 nitrogen and oxygen atoms in total. The van der Waals surface area contributed by atoms with Crippen molar-refractivity contribution in [1.29, 1.82) is 0 Å². The van der Waals surface area contributed by atoms with Gasteiger partial charge in [0, 0.05) is 11.6 Å². The second kappa shape index (κ2) is 3.53. The Morgan fingerprint density at radius 2 is 2.15 bits per heavy atom. The first kappa shape index (κ1) is 9.67. The van der Waals surface area contributed by atoms with E-state index in [4.69, 9.17) is 0 Å². The summed E-state index contributed by atoms with van der Waals surface area (Å²) in [4.78, 5) is 10.0. The predicted molar refractivity (Wildman–Crippen MR) is 48.5 cm³/mol. The maximum Gasteiger partial charge on any atom is 0.272 e. The second-order valence-electron chi connectivity index (χ2n) is 2.98. The highest BCUT2D eigenvalue weighted by Crippen LogP contribution is 2.21. The van der Waals surface area contributed by atoms with Gasteiger partial charge in [0.25, 0.3) is 5.69 Å². The zero-order valence-corrected chi connectivity index (χ0v) is 7.52. The molecule has 0 saturated heterocycles. The molecule has 0 spiro atoms. The van der Waals surface area contributed by atoms with Gasteiger partial charge in [-0.2, -0.15) is 0 Å².